The molecule has 1 heterocycles. The Balaban J connectivity index is 1.83. The largest absolute Gasteiger partial charge is 0.422 e. The Morgan fingerprint density at radius 2 is 1.75 bits per heavy atom. The number of carbonyl (C=O) groups is 1. The fourth-order valence-corrected chi connectivity index (χ4v) is 3.76. The zero-order valence-corrected chi connectivity index (χ0v) is 18.4. The van der Waals surface area contributed by atoms with Gasteiger partial charge in [0.2, 0.25) is 5.44 Å². The van der Waals surface area contributed by atoms with Crippen molar-refractivity contribution in [2.45, 2.75) is 19.3 Å². The van der Waals surface area contributed by atoms with Crippen LogP contribution < -0.4 is 10.5 Å². The fourth-order valence-electron chi connectivity index (χ4n) is 3.26. The molecule has 32 heavy (non-hydrogen) atoms. The number of aliphatic hydroxyl groups is 1. The van der Waals surface area contributed by atoms with Gasteiger partial charge >= 0.3 is 5.63 Å². The van der Waals surface area contributed by atoms with Crippen LogP contribution in [0.3, 0.4) is 0 Å². The highest BCUT2D eigenvalue weighted by molar-refractivity contribution is 7.85. The molecule has 3 aromatic rings. The van der Waals surface area contributed by atoms with Gasteiger partial charge in [-0.15, -0.1) is 0 Å². The normalized spacial score (nSPS) is 12.9. The molecule has 0 fully saturated rings. The van der Waals surface area contributed by atoms with Gasteiger partial charge in [-0.25, -0.2) is 4.79 Å². The first kappa shape index (κ1) is 23.4. The van der Waals surface area contributed by atoms with Crippen molar-refractivity contribution in [1.29, 1.82) is 0 Å². The van der Waals surface area contributed by atoms with Crippen LogP contribution >= 0.6 is 0 Å². The maximum Gasteiger partial charge on any atom is 0.347 e. The number of benzene rings is 2. The van der Waals surface area contributed by atoms with Crippen LogP contribution in [0.4, 0.5) is 5.69 Å². The molecule has 1 aromatic heterocycles. The Bertz CT molecular complexity index is 1320. The van der Waals surface area contributed by atoms with Crippen LogP contribution in [0.2, 0.25) is 0 Å². The molecule has 3 rings (SSSR count). The first-order valence-electron chi connectivity index (χ1n) is 9.93. The van der Waals surface area contributed by atoms with Gasteiger partial charge in [-0.05, 0) is 49.2 Å². The lowest BCUT2D eigenvalue weighted by molar-refractivity contribution is 0.104. The lowest BCUT2D eigenvalue weighted by Gasteiger charge is -2.20. The molecule has 9 heteroatoms. The number of anilines is 1. The molecule has 0 aliphatic carbocycles. The number of allylic oxidation sites excluding steroid dienone is 1. The van der Waals surface area contributed by atoms with Crippen LogP contribution in [0.25, 0.3) is 17.0 Å². The summed E-state index contributed by atoms with van der Waals surface area (Å²) in [7, 11) is -4.63. The Hall–Kier alpha value is -3.27. The summed E-state index contributed by atoms with van der Waals surface area (Å²) in [5, 5.41) is 10.2. The lowest BCUT2D eigenvalue weighted by Crippen LogP contribution is -2.21. The van der Waals surface area contributed by atoms with Gasteiger partial charge in [-0.3, -0.25) is 9.35 Å². The molecular weight excluding hydrogens is 434 g/mol. The summed E-state index contributed by atoms with van der Waals surface area (Å²) in [4.78, 5) is 27.0. The lowest BCUT2D eigenvalue weighted by atomic mass is 10.1. The highest BCUT2D eigenvalue weighted by atomic mass is 32.2. The number of ketones is 1. The zero-order valence-electron chi connectivity index (χ0n) is 17.6. The van der Waals surface area contributed by atoms with E-state index in [4.69, 9.17) is 8.97 Å². The molecule has 0 spiro atoms. The highest BCUT2D eigenvalue weighted by Gasteiger charge is 2.21. The van der Waals surface area contributed by atoms with Crippen molar-refractivity contribution >= 4 is 38.6 Å². The monoisotopic (exact) mass is 457 g/mol. The van der Waals surface area contributed by atoms with Crippen molar-refractivity contribution in [3.63, 3.8) is 0 Å². The van der Waals surface area contributed by atoms with Crippen molar-refractivity contribution < 1.29 is 27.3 Å². The Morgan fingerprint density at radius 1 is 1.09 bits per heavy atom. The van der Waals surface area contributed by atoms with E-state index in [0.717, 1.165) is 18.8 Å². The van der Waals surface area contributed by atoms with E-state index in [1.807, 2.05) is 19.9 Å². The zero-order chi connectivity index (χ0) is 23.5. The van der Waals surface area contributed by atoms with Gasteiger partial charge in [0.1, 0.15) is 11.1 Å². The Kier molecular flexibility index (Phi) is 6.93. The summed E-state index contributed by atoms with van der Waals surface area (Å²) in [6.45, 7) is 5.68. The van der Waals surface area contributed by atoms with Crippen LogP contribution in [0.15, 0.2) is 63.8 Å². The number of aliphatic hydroxyl groups excluding tert-OH is 1. The first-order valence-corrected chi connectivity index (χ1v) is 11.4. The summed E-state index contributed by atoms with van der Waals surface area (Å²) in [6.07, 6.45) is 2.65. The third-order valence-electron chi connectivity index (χ3n) is 5.04. The topological polar surface area (TPSA) is 125 Å². The fraction of sp³-hybridized carbons (Fsp3) is 0.217. The van der Waals surface area contributed by atoms with Crippen LogP contribution in [0.5, 0.6) is 0 Å². The molecule has 0 aliphatic rings. The van der Waals surface area contributed by atoms with Crippen LogP contribution in [0.1, 0.15) is 40.8 Å². The summed E-state index contributed by atoms with van der Waals surface area (Å²) < 4.78 is 36.3. The van der Waals surface area contributed by atoms with Crippen molar-refractivity contribution in [1.82, 2.24) is 0 Å². The molecule has 0 aliphatic heterocycles. The first-order chi connectivity index (χ1) is 15.1. The van der Waals surface area contributed by atoms with Crippen molar-refractivity contribution in [2.24, 2.45) is 0 Å². The number of hydrogen-bond acceptors (Lipinski definition) is 7. The highest BCUT2D eigenvalue weighted by Crippen LogP contribution is 2.22. The third kappa shape index (κ3) is 5.13. The van der Waals surface area contributed by atoms with E-state index in [0.29, 0.717) is 16.5 Å². The van der Waals surface area contributed by atoms with Crippen molar-refractivity contribution in [3.05, 3.63) is 81.7 Å². The maximum atomic E-state index is 12.5. The second-order valence-corrected chi connectivity index (χ2v) is 8.55. The number of fused-ring (bicyclic) bond motifs is 1. The van der Waals surface area contributed by atoms with Gasteiger partial charge in [0, 0.05) is 30.2 Å². The molecule has 1 unspecified atom stereocenters. The standard InChI is InChI=1S/C23H23NO7S/c1-3-24(4-2)18-11-10-17-13-19(22(26)31-21(17)14-18)20(25)12-7-15-5-8-16(9-6-15)23(27)32(28,29)30/h5-14,23,27H,3-4H2,1-2H3,(H,28,29,30)/b12-7+. The van der Waals surface area contributed by atoms with E-state index in [1.165, 1.54) is 42.5 Å². The summed E-state index contributed by atoms with van der Waals surface area (Å²) >= 11 is 0. The van der Waals surface area contributed by atoms with E-state index < -0.39 is 27.0 Å². The molecule has 0 radical (unpaired) electrons. The van der Waals surface area contributed by atoms with E-state index in [2.05, 4.69) is 4.90 Å². The summed E-state index contributed by atoms with van der Waals surface area (Å²) in [5.41, 5.74) is -1.07. The van der Waals surface area contributed by atoms with Crippen LogP contribution in [-0.2, 0) is 10.1 Å². The Labute approximate surface area is 185 Å². The quantitative estimate of drug-likeness (QED) is 0.228. The smallest absolute Gasteiger partial charge is 0.347 e. The second kappa shape index (κ2) is 9.47. The van der Waals surface area contributed by atoms with E-state index >= 15 is 0 Å². The van der Waals surface area contributed by atoms with Gasteiger partial charge in [-0.2, -0.15) is 8.42 Å². The minimum Gasteiger partial charge on any atom is -0.422 e. The number of hydrogen-bond donors (Lipinski definition) is 2. The number of rotatable bonds is 8. The summed E-state index contributed by atoms with van der Waals surface area (Å²) in [5.74, 6) is -0.546. The number of carbonyl (C=O) groups excluding carboxylic acids is 1. The SMILES string of the molecule is CCN(CC)c1ccc2cc(C(=O)/C=C/c3ccc(C(O)S(=O)(=O)O)cc3)c(=O)oc2c1. The van der Waals surface area contributed by atoms with E-state index in [1.54, 1.807) is 12.1 Å². The van der Waals surface area contributed by atoms with Gasteiger partial charge in [0.25, 0.3) is 10.1 Å². The predicted molar refractivity (Wildman–Crippen MR) is 122 cm³/mol. The average Bonchev–Trinajstić information content (AvgIpc) is 2.77. The maximum absolute atomic E-state index is 12.5. The summed E-state index contributed by atoms with van der Waals surface area (Å²) in [6, 6.07) is 12.5. The predicted octanol–water partition coefficient (Wildman–Crippen LogP) is 3.41. The van der Waals surface area contributed by atoms with E-state index in [9.17, 15) is 23.1 Å². The van der Waals surface area contributed by atoms with Crippen molar-refractivity contribution in [2.75, 3.05) is 18.0 Å². The van der Waals surface area contributed by atoms with Crippen LogP contribution in [-0.4, -0.2) is 36.9 Å². The average molecular weight is 458 g/mol. The molecule has 0 saturated carbocycles. The van der Waals surface area contributed by atoms with Crippen molar-refractivity contribution in [3.8, 4) is 0 Å². The second-order valence-electron chi connectivity index (χ2n) is 7.07. The van der Waals surface area contributed by atoms with Gasteiger partial charge in [0.15, 0.2) is 5.78 Å². The molecule has 0 amide bonds. The molecule has 0 saturated heterocycles. The molecule has 2 aromatic carbocycles. The minimum atomic E-state index is -4.63. The van der Waals surface area contributed by atoms with Crippen LogP contribution in [0, 0.1) is 0 Å². The van der Waals surface area contributed by atoms with Gasteiger partial charge in [0.05, 0.1) is 0 Å². The molecule has 8 nitrogen and oxygen atoms in total. The minimum absolute atomic E-state index is 0.0183. The Morgan fingerprint density at radius 3 is 2.34 bits per heavy atom. The molecule has 1 atom stereocenters. The molecule has 168 valence electrons. The molecular formula is C23H23NO7S. The van der Waals surface area contributed by atoms with Gasteiger partial charge < -0.3 is 14.4 Å². The van der Waals surface area contributed by atoms with E-state index in [-0.39, 0.29) is 11.1 Å². The van der Waals surface area contributed by atoms with Gasteiger partial charge in [-0.1, -0.05) is 30.3 Å². The number of nitrogens with zero attached hydrogens (tertiary/aromatic N) is 1. The molecule has 0 bridgehead atoms. The molecule has 2 N–H and O–H groups in total. The third-order valence-corrected chi connectivity index (χ3v) is 5.88.